The van der Waals surface area contributed by atoms with Crippen LogP contribution in [0.1, 0.15) is 13.8 Å². The van der Waals surface area contributed by atoms with Crippen LogP contribution in [0, 0.1) is 5.92 Å². The van der Waals surface area contributed by atoms with Gasteiger partial charge in [-0.05, 0) is 12.1 Å². The van der Waals surface area contributed by atoms with Gasteiger partial charge in [-0.1, -0.05) is 43.1 Å². The zero-order valence-electron chi connectivity index (χ0n) is 10.4. The zero-order chi connectivity index (χ0) is 14.0. The van der Waals surface area contributed by atoms with Gasteiger partial charge in [0.1, 0.15) is 0 Å². The first-order chi connectivity index (χ1) is 8.97. The smallest absolute Gasteiger partial charge is 0.228 e. The molecule has 0 saturated heterocycles. The summed E-state index contributed by atoms with van der Waals surface area (Å²) in [5.74, 6) is -0.118. The molecule has 100 valence electrons. The summed E-state index contributed by atoms with van der Waals surface area (Å²) in [6.07, 6.45) is 0. The molecular weight excluding hydrogens is 303 g/mol. The fourth-order valence-corrected chi connectivity index (χ4v) is 2.39. The molecule has 6 heteroatoms. The van der Waals surface area contributed by atoms with Crippen LogP contribution in [0.5, 0.6) is 0 Å². The number of rotatable bonds is 3. The average Bonchev–Trinajstić information content (AvgIpc) is 2.81. The van der Waals surface area contributed by atoms with Gasteiger partial charge in [-0.25, -0.2) is 4.98 Å². The normalized spacial score (nSPS) is 10.8. The molecular formula is C13H12Cl2N2OS. The fraction of sp³-hybridized carbons (Fsp3) is 0.231. The first-order valence-electron chi connectivity index (χ1n) is 5.69. The molecule has 2 aromatic rings. The molecule has 0 radical (unpaired) electrons. The summed E-state index contributed by atoms with van der Waals surface area (Å²) in [4.78, 5) is 15.9. The van der Waals surface area contributed by atoms with Crippen molar-refractivity contribution in [2.45, 2.75) is 13.8 Å². The van der Waals surface area contributed by atoms with Gasteiger partial charge in [0.15, 0.2) is 5.13 Å². The van der Waals surface area contributed by atoms with Crippen LogP contribution in [0.3, 0.4) is 0 Å². The number of amides is 1. The lowest BCUT2D eigenvalue weighted by molar-refractivity contribution is -0.118. The van der Waals surface area contributed by atoms with Crippen LogP contribution in [-0.4, -0.2) is 10.9 Å². The minimum Gasteiger partial charge on any atom is -0.302 e. The van der Waals surface area contributed by atoms with Gasteiger partial charge in [0.2, 0.25) is 5.91 Å². The van der Waals surface area contributed by atoms with Crippen molar-refractivity contribution in [1.82, 2.24) is 4.98 Å². The van der Waals surface area contributed by atoms with Gasteiger partial charge in [0.25, 0.3) is 0 Å². The highest BCUT2D eigenvalue weighted by atomic mass is 35.5. The molecule has 0 bridgehead atoms. The van der Waals surface area contributed by atoms with E-state index in [-0.39, 0.29) is 11.8 Å². The summed E-state index contributed by atoms with van der Waals surface area (Å²) in [5, 5.41) is 6.21. The lowest BCUT2D eigenvalue weighted by atomic mass is 10.2. The van der Waals surface area contributed by atoms with Crippen LogP contribution in [0.2, 0.25) is 10.0 Å². The zero-order valence-corrected chi connectivity index (χ0v) is 12.7. The van der Waals surface area contributed by atoms with E-state index >= 15 is 0 Å². The first kappa shape index (κ1) is 14.3. The molecule has 1 aromatic heterocycles. The highest BCUT2D eigenvalue weighted by Gasteiger charge is 2.11. The van der Waals surface area contributed by atoms with E-state index in [1.165, 1.54) is 11.3 Å². The number of hydrogen-bond acceptors (Lipinski definition) is 3. The second-order valence-electron chi connectivity index (χ2n) is 4.31. The van der Waals surface area contributed by atoms with Crippen LogP contribution in [0.15, 0.2) is 23.6 Å². The van der Waals surface area contributed by atoms with Crippen molar-refractivity contribution in [2.75, 3.05) is 5.32 Å². The fourth-order valence-electron chi connectivity index (χ4n) is 1.37. The Kier molecular flexibility index (Phi) is 4.45. The molecule has 0 saturated carbocycles. The van der Waals surface area contributed by atoms with Crippen LogP contribution in [0.4, 0.5) is 5.13 Å². The molecule has 0 atom stereocenters. The van der Waals surface area contributed by atoms with Crippen molar-refractivity contribution in [3.05, 3.63) is 33.6 Å². The third-order valence-corrected chi connectivity index (χ3v) is 3.97. The number of halogens is 2. The van der Waals surface area contributed by atoms with Crippen molar-refractivity contribution >= 4 is 45.6 Å². The molecule has 0 fully saturated rings. The predicted molar refractivity (Wildman–Crippen MR) is 81.0 cm³/mol. The summed E-state index contributed by atoms with van der Waals surface area (Å²) in [6.45, 7) is 3.67. The number of nitrogens with one attached hydrogen (secondary N) is 1. The van der Waals surface area contributed by atoms with E-state index in [0.717, 1.165) is 11.3 Å². The van der Waals surface area contributed by atoms with Crippen molar-refractivity contribution < 1.29 is 4.79 Å². The van der Waals surface area contributed by atoms with Gasteiger partial charge in [-0.2, -0.15) is 0 Å². The second-order valence-corrected chi connectivity index (χ2v) is 5.98. The summed E-state index contributed by atoms with van der Waals surface area (Å²) < 4.78 is 0. The van der Waals surface area contributed by atoms with E-state index in [4.69, 9.17) is 23.2 Å². The van der Waals surface area contributed by atoms with E-state index in [9.17, 15) is 4.79 Å². The third kappa shape index (κ3) is 3.47. The summed E-state index contributed by atoms with van der Waals surface area (Å²) in [6, 6.07) is 5.33. The molecule has 1 aromatic carbocycles. The number of nitrogens with zero attached hydrogens (tertiary/aromatic N) is 1. The van der Waals surface area contributed by atoms with E-state index < -0.39 is 0 Å². The van der Waals surface area contributed by atoms with E-state index in [0.29, 0.717) is 15.2 Å². The molecule has 0 aliphatic carbocycles. The third-order valence-electron chi connectivity index (χ3n) is 2.47. The molecule has 1 heterocycles. The first-order valence-corrected chi connectivity index (χ1v) is 7.32. The van der Waals surface area contributed by atoms with Crippen LogP contribution >= 0.6 is 34.5 Å². The van der Waals surface area contributed by atoms with Crippen molar-refractivity contribution in [1.29, 1.82) is 0 Å². The van der Waals surface area contributed by atoms with Gasteiger partial charge < -0.3 is 5.32 Å². The largest absolute Gasteiger partial charge is 0.302 e. The summed E-state index contributed by atoms with van der Waals surface area (Å²) in [5.41, 5.74) is 1.64. The Hall–Kier alpha value is -1.10. The Morgan fingerprint density at radius 2 is 2.05 bits per heavy atom. The number of benzene rings is 1. The Morgan fingerprint density at radius 3 is 2.68 bits per heavy atom. The number of carbonyl (C=O) groups is 1. The number of carbonyl (C=O) groups excluding carboxylic acids is 1. The SMILES string of the molecule is CC(C)C(=O)Nc1nc(-c2ccc(Cl)c(Cl)c2)cs1. The van der Waals surface area contributed by atoms with Crippen molar-refractivity contribution in [2.24, 2.45) is 5.92 Å². The minimum absolute atomic E-state index is 0.0463. The number of aromatic nitrogens is 1. The standard InChI is InChI=1S/C13H12Cl2N2OS/c1-7(2)12(18)17-13-16-11(6-19-13)8-3-4-9(14)10(15)5-8/h3-7H,1-2H3,(H,16,17,18). The summed E-state index contributed by atoms with van der Waals surface area (Å²) in [7, 11) is 0. The number of hydrogen-bond donors (Lipinski definition) is 1. The topological polar surface area (TPSA) is 42.0 Å². The number of anilines is 1. The summed E-state index contributed by atoms with van der Waals surface area (Å²) >= 11 is 13.2. The van der Waals surface area contributed by atoms with Gasteiger partial charge in [0.05, 0.1) is 15.7 Å². The lowest BCUT2D eigenvalue weighted by Gasteiger charge is -2.03. The van der Waals surface area contributed by atoms with Crippen LogP contribution in [-0.2, 0) is 4.79 Å². The van der Waals surface area contributed by atoms with Crippen LogP contribution in [0.25, 0.3) is 11.3 Å². The monoisotopic (exact) mass is 314 g/mol. The molecule has 0 spiro atoms. The lowest BCUT2D eigenvalue weighted by Crippen LogP contribution is -2.17. The highest BCUT2D eigenvalue weighted by Crippen LogP contribution is 2.30. The van der Waals surface area contributed by atoms with Gasteiger partial charge in [0, 0.05) is 16.9 Å². The van der Waals surface area contributed by atoms with Crippen molar-refractivity contribution in [3.63, 3.8) is 0 Å². The van der Waals surface area contributed by atoms with Gasteiger partial charge in [-0.15, -0.1) is 11.3 Å². The van der Waals surface area contributed by atoms with E-state index in [1.54, 1.807) is 12.1 Å². The molecule has 19 heavy (non-hydrogen) atoms. The second kappa shape index (κ2) is 5.90. The molecule has 2 rings (SSSR count). The van der Waals surface area contributed by atoms with Crippen molar-refractivity contribution in [3.8, 4) is 11.3 Å². The van der Waals surface area contributed by atoms with Crippen LogP contribution < -0.4 is 5.32 Å². The molecule has 0 aliphatic heterocycles. The Bertz CT molecular complexity index is 610. The molecule has 0 aliphatic rings. The Labute approximate surface area is 125 Å². The number of thiazole rings is 1. The molecule has 0 unspecified atom stereocenters. The maximum absolute atomic E-state index is 11.6. The van der Waals surface area contributed by atoms with Gasteiger partial charge >= 0.3 is 0 Å². The molecule has 1 N–H and O–H groups in total. The van der Waals surface area contributed by atoms with E-state index in [1.807, 2.05) is 25.3 Å². The minimum atomic E-state index is -0.0719. The maximum Gasteiger partial charge on any atom is 0.228 e. The highest BCUT2D eigenvalue weighted by molar-refractivity contribution is 7.14. The predicted octanol–water partition coefficient (Wildman–Crippen LogP) is 4.71. The van der Waals surface area contributed by atoms with E-state index in [2.05, 4.69) is 10.3 Å². The maximum atomic E-state index is 11.6. The van der Waals surface area contributed by atoms with Gasteiger partial charge in [-0.3, -0.25) is 4.79 Å². The Morgan fingerprint density at radius 1 is 1.32 bits per heavy atom. The quantitative estimate of drug-likeness (QED) is 0.891. The Balaban J connectivity index is 2.21. The molecule has 3 nitrogen and oxygen atoms in total. The average molecular weight is 315 g/mol. The molecule has 1 amide bonds.